The molecule has 1 aromatic heterocycles. The van der Waals surface area contributed by atoms with E-state index in [1.165, 1.54) is 49.2 Å². The highest BCUT2D eigenvalue weighted by Gasteiger charge is 2.49. The number of aromatic nitrogens is 1. The Morgan fingerprint density at radius 1 is 1.33 bits per heavy atom. The summed E-state index contributed by atoms with van der Waals surface area (Å²) in [7, 11) is 0. The lowest BCUT2D eigenvalue weighted by atomic mass is 9.96. The number of aryl methyl sites for hydroxylation is 2. The van der Waals surface area contributed by atoms with Crippen LogP contribution in [0.5, 0.6) is 0 Å². The number of nitrogens with zero attached hydrogens (tertiary/aromatic N) is 2. The fourth-order valence-electron chi connectivity index (χ4n) is 4.32. The molecule has 1 aromatic rings. The van der Waals surface area contributed by atoms with Gasteiger partial charge in [0.15, 0.2) is 0 Å². The summed E-state index contributed by atoms with van der Waals surface area (Å²) in [5.74, 6) is 0. The Balaban J connectivity index is 1.67. The molecule has 0 spiro atoms. The van der Waals surface area contributed by atoms with E-state index in [4.69, 9.17) is 4.98 Å². The maximum absolute atomic E-state index is 5.08. The molecule has 2 unspecified atom stereocenters. The molecule has 116 valence electrons. The summed E-state index contributed by atoms with van der Waals surface area (Å²) in [5.41, 5.74) is 1.50. The van der Waals surface area contributed by atoms with Crippen molar-refractivity contribution in [3.8, 4) is 0 Å². The molecule has 21 heavy (non-hydrogen) atoms. The van der Waals surface area contributed by atoms with Crippen molar-refractivity contribution >= 4 is 11.3 Å². The fraction of sp³-hybridized carbons (Fsp3) is 0.824. The first kappa shape index (κ1) is 14.2. The first-order valence-electron chi connectivity index (χ1n) is 8.60. The standard InChI is InChI=1S/C17H27N3S/c1-11(2)19-17(9-12(3)20(10-17)13-7-8-13)16-18-14-5-4-6-15(14)21-16/h11-13,19H,4-10H2,1-3H3. The van der Waals surface area contributed by atoms with Gasteiger partial charge in [-0.15, -0.1) is 11.3 Å². The first-order chi connectivity index (χ1) is 10.1. The van der Waals surface area contributed by atoms with Gasteiger partial charge < -0.3 is 5.32 Å². The van der Waals surface area contributed by atoms with E-state index in [2.05, 4.69) is 31.0 Å². The van der Waals surface area contributed by atoms with Gasteiger partial charge in [0, 0.05) is 29.5 Å². The molecule has 0 bridgehead atoms. The van der Waals surface area contributed by atoms with Gasteiger partial charge in [0.1, 0.15) is 5.01 Å². The van der Waals surface area contributed by atoms with Crippen LogP contribution < -0.4 is 5.32 Å². The predicted octanol–water partition coefficient (Wildman–Crippen LogP) is 3.08. The molecule has 0 aromatic carbocycles. The zero-order chi connectivity index (χ0) is 14.6. The van der Waals surface area contributed by atoms with Gasteiger partial charge in [-0.3, -0.25) is 4.90 Å². The molecule has 1 saturated heterocycles. The van der Waals surface area contributed by atoms with Crippen molar-refractivity contribution in [1.82, 2.24) is 15.2 Å². The molecule has 4 heteroatoms. The maximum atomic E-state index is 5.08. The molecule has 4 rings (SSSR count). The third kappa shape index (κ3) is 2.45. The van der Waals surface area contributed by atoms with Crippen LogP contribution in [0, 0.1) is 0 Å². The molecular weight excluding hydrogens is 278 g/mol. The second-order valence-electron chi connectivity index (χ2n) is 7.58. The Morgan fingerprint density at radius 2 is 2.14 bits per heavy atom. The average Bonchev–Trinajstić information content (AvgIpc) is 2.86. The van der Waals surface area contributed by atoms with Crippen molar-refractivity contribution in [2.45, 2.75) is 83.0 Å². The number of hydrogen-bond donors (Lipinski definition) is 1. The molecule has 0 radical (unpaired) electrons. The van der Waals surface area contributed by atoms with Crippen LogP contribution in [-0.2, 0) is 18.4 Å². The number of nitrogens with one attached hydrogen (secondary N) is 1. The highest BCUT2D eigenvalue weighted by atomic mass is 32.1. The zero-order valence-electron chi connectivity index (χ0n) is 13.5. The highest BCUT2D eigenvalue weighted by Crippen LogP contribution is 2.44. The van der Waals surface area contributed by atoms with Crippen LogP contribution in [0.2, 0.25) is 0 Å². The van der Waals surface area contributed by atoms with Gasteiger partial charge in [-0.05, 0) is 59.3 Å². The van der Waals surface area contributed by atoms with Crippen LogP contribution in [0.3, 0.4) is 0 Å². The van der Waals surface area contributed by atoms with E-state index < -0.39 is 0 Å². The third-order valence-corrected chi connectivity index (χ3v) is 6.61. The molecule has 0 amide bonds. The molecular formula is C17H27N3S. The highest BCUT2D eigenvalue weighted by molar-refractivity contribution is 7.12. The van der Waals surface area contributed by atoms with Gasteiger partial charge in [-0.25, -0.2) is 4.98 Å². The Labute approximate surface area is 132 Å². The molecule has 3 nitrogen and oxygen atoms in total. The lowest BCUT2D eigenvalue weighted by Crippen LogP contribution is -2.48. The Kier molecular flexibility index (Phi) is 3.40. The van der Waals surface area contributed by atoms with Crippen molar-refractivity contribution in [1.29, 1.82) is 0 Å². The van der Waals surface area contributed by atoms with Gasteiger partial charge in [0.2, 0.25) is 0 Å². The van der Waals surface area contributed by atoms with Crippen LogP contribution >= 0.6 is 11.3 Å². The van der Waals surface area contributed by atoms with Gasteiger partial charge >= 0.3 is 0 Å². The van der Waals surface area contributed by atoms with E-state index in [9.17, 15) is 0 Å². The summed E-state index contributed by atoms with van der Waals surface area (Å²) in [6.45, 7) is 8.10. The maximum Gasteiger partial charge on any atom is 0.115 e. The Morgan fingerprint density at radius 3 is 2.81 bits per heavy atom. The van der Waals surface area contributed by atoms with Gasteiger partial charge in [0.25, 0.3) is 0 Å². The predicted molar refractivity (Wildman–Crippen MR) is 87.9 cm³/mol. The molecule has 3 aliphatic rings. The summed E-state index contributed by atoms with van der Waals surface area (Å²) in [5, 5.41) is 5.28. The minimum Gasteiger partial charge on any atom is -0.302 e. The lowest BCUT2D eigenvalue weighted by molar-refractivity contribution is 0.235. The summed E-state index contributed by atoms with van der Waals surface area (Å²) in [6.07, 6.45) is 7.78. The normalized spacial score (nSPS) is 33.0. The molecule has 1 saturated carbocycles. The second-order valence-corrected chi connectivity index (χ2v) is 8.66. The van der Waals surface area contributed by atoms with E-state index in [1.54, 1.807) is 4.88 Å². The number of hydrogen-bond acceptors (Lipinski definition) is 4. The average molecular weight is 305 g/mol. The van der Waals surface area contributed by atoms with E-state index in [1.807, 2.05) is 11.3 Å². The minimum atomic E-state index is 0.102. The summed E-state index contributed by atoms with van der Waals surface area (Å²) >= 11 is 2.00. The first-order valence-corrected chi connectivity index (χ1v) is 9.41. The van der Waals surface area contributed by atoms with E-state index >= 15 is 0 Å². The SMILES string of the molecule is CC(C)NC1(c2nc3c(s2)CCC3)CC(C)N(C2CC2)C1. The Bertz CT molecular complexity index is 513. The van der Waals surface area contributed by atoms with Crippen LogP contribution in [0.25, 0.3) is 0 Å². The zero-order valence-corrected chi connectivity index (χ0v) is 14.3. The van der Waals surface area contributed by atoms with Crippen molar-refractivity contribution < 1.29 is 0 Å². The summed E-state index contributed by atoms with van der Waals surface area (Å²) < 4.78 is 0. The molecule has 1 aliphatic heterocycles. The number of likely N-dealkylation sites (tertiary alicyclic amines) is 1. The molecule has 2 heterocycles. The number of fused-ring (bicyclic) bond motifs is 1. The summed E-state index contributed by atoms with van der Waals surface area (Å²) in [4.78, 5) is 9.38. The van der Waals surface area contributed by atoms with Crippen molar-refractivity contribution in [3.05, 3.63) is 15.6 Å². The largest absolute Gasteiger partial charge is 0.302 e. The topological polar surface area (TPSA) is 28.2 Å². The van der Waals surface area contributed by atoms with Crippen LogP contribution in [0.1, 0.15) is 62.0 Å². The third-order valence-electron chi connectivity index (χ3n) is 5.25. The number of rotatable bonds is 4. The quantitative estimate of drug-likeness (QED) is 0.926. The van der Waals surface area contributed by atoms with Crippen molar-refractivity contribution in [2.24, 2.45) is 0 Å². The summed E-state index contributed by atoms with van der Waals surface area (Å²) in [6, 6.07) is 2.04. The van der Waals surface area contributed by atoms with Crippen LogP contribution in [0.4, 0.5) is 0 Å². The van der Waals surface area contributed by atoms with Gasteiger partial charge in [0.05, 0.1) is 11.2 Å². The molecule has 2 fully saturated rings. The van der Waals surface area contributed by atoms with Crippen LogP contribution in [-0.4, -0.2) is 34.6 Å². The lowest BCUT2D eigenvalue weighted by Gasteiger charge is -2.31. The van der Waals surface area contributed by atoms with Crippen LogP contribution in [0.15, 0.2) is 0 Å². The molecule has 2 atom stereocenters. The van der Waals surface area contributed by atoms with E-state index in [-0.39, 0.29) is 5.54 Å². The van der Waals surface area contributed by atoms with E-state index in [0.717, 1.165) is 12.6 Å². The monoisotopic (exact) mass is 305 g/mol. The number of thiazole rings is 1. The minimum absolute atomic E-state index is 0.102. The smallest absolute Gasteiger partial charge is 0.115 e. The second kappa shape index (κ2) is 5.04. The van der Waals surface area contributed by atoms with Gasteiger partial charge in [-0.2, -0.15) is 0 Å². The Hall–Kier alpha value is -0.450. The molecule has 2 aliphatic carbocycles. The fourth-order valence-corrected chi connectivity index (χ4v) is 5.62. The molecule has 1 N–H and O–H groups in total. The van der Waals surface area contributed by atoms with Crippen molar-refractivity contribution in [2.75, 3.05) is 6.54 Å². The van der Waals surface area contributed by atoms with Gasteiger partial charge in [-0.1, -0.05) is 0 Å². The van der Waals surface area contributed by atoms with E-state index in [0.29, 0.717) is 12.1 Å². The van der Waals surface area contributed by atoms with Crippen molar-refractivity contribution in [3.63, 3.8) is 0 Å².